The van der Waals surface area contributed by atoms with Gasteiger partial charge in [-0.3, -0.25) is 9.59 Å². The van der Waals surface area contributed by atoms with Crippen molar-refractivity contribution < 1.29 is 19.1 Å². The summed E-state index contributed by atoms with van der Waals surface area (Å²) in [5.41, 5.74) is 0. The number of esters is 1. The van der Waals surface area contributed by atoms with Gasteiger partial charge in [-0.1, -0.05) is 234 Å². The molecular formula is C59H118N2O4. The molecule has 3 unspecified atom stereocenters. The zero-order valence-electron chi connectivity index (χ0n) is 45.9. The van der Waals surface area contributed by atoms with Crippen molar-refractivity contribution >= 4 is 17.7 Å². The molecule has 0 fully saturated rings. The molecule has 0 saturated heterocycles. The van der Waals surface area contributed by atoms with Crippen LogP contribution in [0.25, 0.3) is 0 Å². The molecule has 0 spiro atoms. The number of hydrogen-bond donors (Lipinski definition) is 0. The van der Waals surface area contributed by atoms with E-state index in [0.717, 1.165) is 76.8 Å². The third kappa shape index (κ3) is 47.4. The number of rotatable bonds is 49. The van der Waals surface area contributed by atoms with Crippen molar-refractivity contribution in [2.24, 2.45) is 11.8 Å². The van der Waals surface area contributed by atoms with Crippen LogP contribution in [0, 0.1) is 11.8 Å². The lowest BCUT2D eigenvalue weighted by Gasteiger charge is -2.33. The van der Waals surface area contributed by atoms with E-state index in [0.29, 0.717) is 43.1 Å². The quantitative estimate of drug-likeness (QED) is 0.0449. The molecule has 0 aliphatic heterocycles. The van der Waals surface area contributed by atoms with E-state index in [4.69, 9.17) is 4.74 Å². The topological polar surface area (TPSA) is 66.9 Å². The van der Waals surface area contributed by atoms with Crippen molar-refractivity contribution in [1.29, 1.82) is 0 Å². The molecule has 1 amide bonds. The van der Waals surface area contributed by atoms with Crippen molar-refractivity contribution in [3.8, 4) is 0 Å². The molecule has 6 nitrogen and oxygen atoms in total. The summed E-state index contributed by atoms with van der Waals surface area (Å²) < 4.78 is 5.75. The van der Waals surface area contributed by atoms with Crippen LogP contribution in [-0.4, -0.2) is 67.3 Å². The standard InChI is InChI=1S/C46H90N2O4.C13H28/c1-7-10-13-15-23-29-37-45(50)48(40-31-39-47(5)6)44(35-27-21-17-16-20-25-32-42(4)49)36-28-22-18-19-24-30-38-46(51)52-41-43(33-12-9-3)34-26-14-11-8-2;1-4-7-9-10-12-13(6-3)11-8-5-2/h43-44H,7-41H2,1-6H3;13H,4-12H2,1-3H3. The minimum atomic E-state index is -0.00561. The van der Waals surface area contributed by atoms with Crippen LogP contribution in [0.4, 0.5) is 0 Å². The minimum Gasteiger partial charge on any atom is -0.465 e. The third-order valence-electron chi connectivity index (χ3n) is 13.9. The highest BCUT2D eigenvalue weighted by atomic mass is 16.5. The Hall–Kier alpha value is -1.43. The maximum atomic E-state index is 13.7. The summed E-state index contributed by atoms with van der Waals surface area (Å²) in [4.78, 5) is 42.0. The SMILES string of the molecule is CCCCCCC(CC)CCCC.CCCCCCCCC(=O)N(CCCN(C)C)C(CCCCCCCCC(C)=O)CCCCCCCCC(=O)OCC(CCCC)CCCCCC. The van der Waals surface area contributed by atoms with Crippen molar-refractivity contribution in [3.63, 3.8) is 0 Å². The van der Waals surface area contributed by atoms with E-state index in [9.17, 15) is 14.4 Å². The molecule has 0 aromatic carbocycles. The van der Waals surface area contributed by atoms with Gasteiger partial charge in [0, 0.05) is 31.8 Å². The second-order valence-electron chi connectivity index (χ2n) is 20.7. The van der Waals surface area contributed by atoms with E-state index in [-0.39, 0.29) is 5.97 Å². The number of ketones is 1. The molecule has 0 heterocycles. The van der Waals surface area contributed by atoms with E-state index >= 15 is 0 Å². The van der Waals surface area contributed by atoms with Crippen molar-refractivity contribution in [2.75, 3.05) is 33.8 Å². The normalized spacial score (nSPS) is 12.8. The first-order valence-electron chi connectivity index (χ1n) is 29.2. The lowest BCUT2D eigenvalue weighted by Crippen LogP contribution is -2.41. The Morgan fingerprint density at radius 3 is 1.26 bits per heavy atom. The predicted octanol–water partition coefficient (Wildman–Crippen LogP) is 18.2. The van der Waals surface area contributed by atoms with Crippen molar-refractivity contribution in [2.45, 2.75) is 318 Å². The first-order valence-corrected chi connectivity index (χ1v) is 29.2. The second kappa shape index (κ2) is 52.0. The number of unbranched alkanes of at least 4 members (excludes halogenated alkanes) is 23. The predicted molar refractivity (Wildman–Crippen MR) is 286 cm³/mol. The summed E-state index contributed by atoms with van der Waals surface area (Å²) in [6, 6.07) is 0.343. The number of ether oxygens (including phenoxy) is 1. The van der Waals surface area contributed by atoms with Gasteiger partial charge >= 0.3 is 5.97 Å². The number of hydrogen-bond acceptors (Lipinski definition) is 5. The third-order valence-corrected chi connectivity index (χ3v) is 13.9. The molecular weight excluding hydrogens is 801 g/mol. The van der Waals surface area contributed by atoms with Gasteiger partial charge in [-0.15, -0.1) is 0 Å². The molecule has 0 rings (SSSR count). The Morgan fingerprint density at radius 2 is 0.785 bits per heavy atom. The highest BCUT2D eigenvalue weighted by Gasteiger charge is 2.23. The number of carbonyl (C=O) groups is 3. The average Bonchev–Trinajstić information content (AvgIpc) is 3.29. The highest BCUT2D eigenvalue weighted by Crippen LogP contribution is 2.23. The van der Waals surface area contributed by atoms with Gasteiger partial charge in [0.1, 0.15) is 5.78 Å². The maximum Gasteiger partial charge on any atom is 0.305 e. The van der Waals surface area contributed by atoms with E-state index in [1.54, 1.807) is 6.92 Å². The average molecular weight is 920 g/mol. The Morgan fingerprint density at radius 1 is 0.400 bits per heavy atom. The van der Waals surface area contributed by atoms with Gasteiger partial charge in [-0.25, -0.2) is 0 Å². The molecule has 388 valence electrons. The van der Waals surface area contributed by atoms with Crippen molar-refractivity contribution in [1.82, 2.24) is 9.80 Å². The van der Waals surface area contributed by atoms with Gasteiger partial charge in [-0.05, 0) is 90.8 Å². The molecule has 0 N–H and O–H groups in total. The van der Waals surface area contributed by atoms with Gasteiger partial charge in [0.2, 0.25) is 5.91 Å². The van der Waals surface area contributed by atoms with Gasteiger partial charge in [0.25, 0.3) is 0 Å². The van der Waals surface area contributed by atoms with Crippen LogP contribution < -0.4 is 0 Å². The van der Waals surface area contributed by atoms with Crippen LogP contribution in [0.2, 0.25) is 0 Å². The Labute approximate surface area is 408 Å². The van der Waals surface area contributed by atoms with Crippen LogP contribution in [-0.2, 0) is 19.1 Å². The van der Waals surface area contributed by atoms with Crippen LogP contribution in [0.1, 0.15) is 312 Å². The van der Waals surface area contributed by atoms with E-state index in [2.05, 4.69) is 65.4 Å². The molecule has 0 aliphatic rings. The van der Waals surface area contributed by atoms with Crippen LogP contribution in [0.3, 0.4) is 0 Å². The molecule has 0 aromatic heterocycles. The van der Waals surface area contributed by atoms with E-state index in [1.165, 1.54) is 193 Å². The highest BCUT2D eigenvalue weighted by molar-refractivity contribution is 5.76. The first-order chi connectivity index (χ1) is 31.6. The van der Waals surface area contributed by atoms with Crippen molar-refractivity contribution in [3.05, 3.63) is 0 Å². The monoisotopic (exact) mass is 919 g/mol. The Kier molecular flexibility index (Phi) is 52.5. The summed E-state index contributed by atoms with van der Waals surface area (Å²) in [6.07, 6.45) is 49.1. The first kappa shape index (κ1) is 65.7. The molecule has 0 aliphatic carbocycles. The van der Waals surface area contributed by atoms with Crippen LogP contribution in [0.5, 0.6) is 0 Å². The number of Topliss-reactive ketones (excluding diaryl/α,β-unsaturated/α-hetero) is 1. The number of nitrogens with zero attached hydrogens (tertiary/aromatic N) is 2. The Balaban J connectivity index is 0. The fourth-order valence-electron chi connectivity index (χ4n) is 9.39. The molecule has 0 aromatic rings. The van der Waals surface area contributed by atoms with Gasteiger partial charge in [-0.2, -0.15) is 0 Å². The summed E-state index contributed by atoms with van der Waals surface area (Å²) in [5.74, 6) is 2.23. The molecule has 6 heteroatoms. The zero-order chi connectivity index (χ0) is 48.4. The summed E-state index contributed by atoms with van der Waals surface area (Å²) in [6.45, 7) is 17.9. The molecule has 0 bridgehead atoms. The van der Waals surface area contributed by atoms with Gasteiger partial charge in [0.15, 0.2) is 0 Å². The Bertz CT molecular complexity index is 1000. The van der Waals surface area contributed by atoms with E-state index < -0.39 is 0 Å². The fourth-order valence-corrected chi connectivity index (χ4v) is 9.39. The summed E-state index contributed by atoms with van der Waals surface area (Å²) in [5, 5.41) is 0. The summed E-state index contributed by atoms with van der Waals surface area (Å²) in [7, 11) is 4.25. The molecule has 65 heavy (non-hydrogen) atoms. The zero-order valence-corrected chi connectivity index (χ0v) is 45.9. The smallest absolute Gasteiger partial charge is 0.305 e. The maximum absolute atomic E-state index is 13.7. The van der Waals surface area contributed by atoms with Gasteiger partial charge < -0.3 is 19.3 Å². The van der Waals surface area contributed by atoms with Crippen LogP contribution in [0.15, 0.2) is 0 Å². The lowest BCUT2D eigenvalue weighted by molar-refractivity contribution is -0.145. The minimum absolute atomic E-state index is 0.00561. The lowest BCUT2D eigenvalue weighted by atomic mass is 9.93. The van der Waals surface area contributed by atoms with Crippen LogP contribution >= 0.6 is 0 Å². The molecule has 0 saturated carbocycles. The fraction of sp³-hybridized carbons (Fsp3) is 0.949. The number of carbonyl (C=O) groups excluding carboxylic acids is 3. The molecule has 3 atom stereocenters. The molecule has 0 radical (unpaired) electrons. The van der Waals surface area contributed by atoms with E-state index in [1.807, 2.05) is 0 Å². The van der Waals surface area contributed by atoms with Gasteiger partial charge in [0.05, 0.1) is 6.61 Å². The summed E-state index contributed by atoms with van der Waals surface area (Å²) >= 11 is 0. The second-order valence-corrected chi connectivity index (χ2v) is 20.7. The largest absolute Gasteiger partial charge is 0.465 e. The number of amides is 1.